The van der Waals surface area contributed by atoms with Crippen LogP contribution in [0.15, 0.2) is 106 Å². The molecule has 5 aromatic rings. The molecule has 0 radical (unpaired) electrons. The van der Waals surface area contributed by atoms with E-state index in [1.54, 1.807) is 18.3 Å². The first-order valence-corrected chi connectivity index (χ1v) is 12.6. The van der Waals surface area contributed by atoms with E-state index in [0.29, 0.717) is 22.6 Å². The summed E-state index contributed by atoms with van der Waals surface area (Å²) in [6.45, 7) is 4.33. The van der Waals surface area contributed by atoms with E-state index in [1.807, 2.05) is 86.6 Å². The van der Waals surface area contributed by atoms with Crippen molar-refractivity contribution in [3.05, 3.63) is 135 Å². The number of nitro benzene ring substituents is 1. The molecular weight excluding hydrogens is 502 g/mol. The fraction of sp³-hybridized carbons (Fsp3) is 0.0909. The summed E-state index contributed by atoms with van der Waals surface area (Å²) < 4.78 is 12.0. The first-order chi connectivity index (χ1) is 19.4. The highest BCUT2D eigenvalue weighted by molar-refractivity contribution is 5.90. The Balaban J connectivity index is 1.39. The van der Waals surface area contributed by atoms with Gasteiger partial charge < -0.3 is 9.15 Å². The maximum atomic E-state index is 10.8. The van der Waals surface area contributed by atoms with E-state index >= 15 is 0 Å². The molecular formula is C33H25N3O4. The maximum Gasteiger partial charge on any atom is 0.269 e. The van der Waals surface area contributed by atoms with Crippen molar-refractivity contribution in [1.82, 2.24) is 0 Å². The second-order valence-electron chi connectivity index (χ2n) is 9.37. The highest BCUT2D eigenvalue weighted by atomic mass is 16.6. The van der Waals surface area contributed by atoms with Crippen LogP contribution >= 0.6 is 0 Å². The van der Waals surface area contributed by atoms with E-state index < -0.39 is 4.92 Å². The van der Waals surface area contributed by atoms with E-state index in [9.17, 15) is 15.4 Å². The molecule has 1 heterocycles. The van der Waals surface area contributed by atoms with Crippen molar-refractivity contribution in [2.45, 2.75) is 20.5 Å². The molecule has 0 saturated carbocycles. The number of non-ortho nitro benzene ring substituents is 1. The molecule has 7 nitrogen and oxygen atoms in total. The number of benzene rings is 4. The number of nitriles is 1. The lowest BCUT2D eigenvalue weighted by atomic mass is 9.97. The molecule has 4 aromatic carbocycles. The summed E-state index contributed by atoms with van der Waals surface area (Å²) in [4.78, 5) is 14.9. The van der Waals surface area contributed by atoms with Gasteiger partial charge in [0.2, 0.25) is 5.88 Å². The van der Waals surface area contributed by atoms with Crippen molar-refractivity contribution in [2.75, 3.05) is 0 Å². The first kappa shape index (κ1) is 26.1. The summed E-state index contributed by atoms with van der Waals surface area (Å²) in [6.07, 6.45) is 1.65. The molecule has 40 heavy (non-hydrogen) atoms. The predicted molar refractivity (Wildman–Crippen MR) is 155 cm³/mol. The molecule has 0 atom stereocenters. The van der Waals surface area contributed by atoms with Gasteiger partial charge >= 0.3 is 0 Å². The molecule has 1 aromatic heterocycles. The Morgan fingerprint density at radius 3 is 2.05 bits per heavy atom. The van der Waals surface area contributed by atoms with Crippen molar-refractivity contribution in [1.29, 1.82) is 5.26 Å². The van der Waals surface area contributed by atoms with Crippen molar-refractivity contribution >= 4 is 17.8 Å². The summed E-state index contributed by atoms with van der Waals surface area (Å²) in [5.74, 6) is 1.49. The fourth-order valence-corrected chi connectivity index (χ4v) is 4.18. The largest absolute Gasteiger partial charge is 0.489 e. The summed E-state index contributed by atoms with van der Waals surface area (Å²) in [6, 6.07) is 31.9. The average Bonchev–Trinajstić information content (AvgIpc) is 3.35. The Hall–Kier alpha value is -5.48. The zero-order valence-electron chi connectivity index (χ0n) is 22.0. The third-order valence-corrected chi connectivity index (χ3v) is 6.42. The van der Waals surface area contributed by atoms with Crippen LogP contribution in [0.25, 0.3) is 22.5 Å². The fourth-order valence-electron chi connectivity index (χ4n) is 4.18. The number of hydrogen-bond donors (Lipinski definition) is 0. The van der Waals surface area contributed by atoms with Crippen LogP contribution < -0.4 is 4.74 Å². The van der Waals surface area contributed by atoms with Crippen LogP contribution in [0.4, 0.5) is 11.6 Å². The number of rotatable bonds is 8. The smallest absolute Gasteiger partial charge is 0.269 e. The molecule has 0 amide bonds. The predicted octanol–water partition coefficient (Wildman–Crippen LogP) is 8.34. The third kappa shape index (κ3) is 5.82. The monoisotopic (exact) mass is 527 g/mol. The molecule has 7 heteroatoms. The van der Waals surface area contributed by atoms with Gasteiger partial charge in [0.1, 0.15) is 29.7 Å². The standard InChI is InChI=1S/C33H25N3O4/c1-22-3-11-26(12-4-22)31-30(19-34)33(40-32(31)27-13-5-23(2)6-14-27)35-20-24-9-17-29(18-10-24)39-21-25-7-15-28(16-8-25)36(37)38/h3-18,20H,21H2,1-2H3. The van der Waals surface area contributed by atoms with Crippen LogP contribution in [0.2, 0.25) is 0 Å². The minimum atomic E-state index is -0.431. The molecule has 0 spiro atoms. The van der Waals surface area contributed by atoms with Gasteiger partial charge in [-0.05, 0) is 66.9 Å². The lowest BCUT2D eigenvalue weighted by Crippen LogP contribution is -1.96. The Bertz CT molecular complexity index is 1710. The highest BCUT2D eigenvalue weighted by Crippen LogP contribution is 2.42. The van der Waals surface area contributed by atoms with Crippen molar-refractivity contribution in [3.8, 4) is 34.3 Å². The minimum Gasteiger partial charge on any atom is -0.489 e. The molecule has 0 saturated heterocycles. The van der Waals surface area contributed by atoms with Gasteiger partial charge in [0.15, 0.2) is 0 Å². The van der Waals surface area contributed by atoms with Crippen LogP contribution in [-0.4, -0.2) is 11.1 Å². The second kappa shape index (κ2) is 11.5. The van der Waals surface area contributed by atoms with Gasteiger partial charge in [0.25, 0.3) is 5.69 Å². The lowest BCUT2D eigenvalue weighted by Gasteiger charge is -2.06. The molecule has 0 bridgehead atoms. The van der Waals surface area contributed by atoms with Gasteiger partial charge in [-0.2, -0.15) is 5.26 Å². The Labute approximate surface area is 231 Å². The van der Waals surface area contributed by atoms with E-state index in [4.69, 9.17) is 9.15 Å². The second-order valence-corrected chi connectivity index (χ2v) is 9.37. The Morgan fingerprint density at radius 2 is 1.48 bits per heavy atom. The van der Waals surface area contributed by atoms with Crippen LogP contribution in [-0.2, 0) is 6.61 Å². The normalized spacial score (nSPS) is 10.9. The molecule has 5 rings (SSSR count). The number of furan rings is 1. The Kier molecular flexibility index (Phi) is 7.52. The zero-order chi connectivity index (χ0) is 28.1. The number of aryl methyl sites for hydroxylation is 2. The first-order valence-electron chi connectivity index (χ1n) is 12.6. The summed E-state index contributed by atoms with van der Waals surface area (Å²) in [5.41, 5.74) is 6.77. The molecule has 0 aliphatic carbocycles. The van der Waals surface area contributed by atoms with Gasteiger partial charge in [-0.15, -0.1) is 0 Å². The van der Waals surface area contributed by atoms with Gasteiger partial charge in [-0.1, -0.05) is 59.7 Å². The summed E-state index contributed by atoms with van der Waals surface area (Å²) >= 11 is 0. The van der Waals surface area contributed by atoms with Crippen molar-refractivity contribution < 1.29 is 14.1 Å². The zero-order valence-corrected chi connectivity index (χ0v) is 22.0. The summed E-state index contributed by atoms with van der Waals surface area (Å²) in [7, 11) is 0. The molecule has 0 N–H and O–H groups in total. The van der Waals surface area contributed by atoms with Crippen LogP contribution in [0.5, 0.6) is 5.75 Å². The Morgan fingerprint density at radius 1 is 0.875 bits per heavy atom. The van der Waals surface area contributed by atoms with Gasteiger partial charge in [-0.25, -0.2) is 4.99 Å². The molecule has 196 valence electrons. The maximum absolute atomic E-state index is 10.8. The van der Waals surface area contributed by atoms with E-state index in [0.717, 1.165) is 33.4 Å². The van der Waals surface area contributed by atoms with E-state index in [-0.39, 0.29) is 18.2 Å². The van der Waals surface area contributed by atoms with Crippen molar-refractivity contribution in [3.63, 3.8) is 0 Å². The molecule has 0 aliphatic heterocycles. The lowest BCUT2D eigenvalue weighted by molar-refractivity contribution is -0.384. The molecule has 0 fully saturated rings. The van der Waals surface area contributed by atoms with Crippen LogP contribution in [0.1, 0.15) is 27.8 Å². The third-order valence-electron chi connectivity index (χ3n) is 6.42. The number of nitrogens with zero attached hydrogens (tertiary/aromatic N) is 3. The topological polar surface area (TPSA) is 102 Å². The van der Waals surface area contributed by atoms with E-state index in [1.165, 1.54) is 12.1 Å². The van der Waals surface area contributed by atoms with Gasteiger partial charge in [0.05, 0.1) is 4.92 Å². The number of ether oxygens (including phenoxy) is 1. The quantitative estimate of drug-likeness (QED) is 0.115. The van der Waals surface area contributed by atoms with E-state index in [2.05, 4.69) is 11.1 Å². The van der Waals surface area contributed by atoms with Crippen LogP contribution in [0.3, 0.4) is 0 Å². The minimum absolute atomic E-state index is 0.0421. The number of hydrogen-bond acceptors (Lipinski definition) is 6. The molecule has 0 unspecified atom stereocenters. The van der Waals surface area contributed by atoms with Gasteiger partial charge in [0, 0.05) is 29.5 Å². The number of aliphatic imine (C=N–C) groups is 1. The molecule has 0 aliphatic rings. The average molecular weight is 528 g/mol. The SMILES string of the molecule is Cc1ccc(-c2oc(N=Cc3ccc(OCc4ccc([N+](=O)[O-])cc4)cc3)c(C#N)c2-c2ccc(C)cc2)cc1. The number of nitro groups is 1. The summed E-state index contributed by atoms with van der Waals surface area (Å²) in [5, 5.41) is 20.9. The van der Waals surface area contributed by atoms with Gasteiger partial charge in [-0.3, -0.25) is 10.1 Å². The highest BCUT2D eigenvalue weighted by Gasteiger charge is 2.22. The van der Waals surface area contributed by atoms with Crippen molar-refractivity contribution in [2.24, 2.45) is 4.99 Å². The van der Waals surface area contributed by atoms with Crippen LogP contribution in [0, 0.1) is 35.3 Å².